The third-order valence-corrected chi connectivity index (χ3v) is 5.10. The zero-order valence-electron chi connectivity index (χ0n) is 15.2. The summed E-state index contributed by atoms with van der Waals surface area (Å²) in [7, 11) is 0. The Morgan fingerprint density at radius 3 is 2.48 bits per heavy atom. The number of ether oxygens (including phenoxy) is 2. The maximum atomic E-state index is 12.5. The van der Waals surface area contributed by atoms with E-state index in [1.165, 1.54) is 0 Å². The van der Waals surface area contributed by atoms with Gasteiger partial charge in [-0.15, -0.1) is 0 Å². The molecule has 0 radical (unpaired) electrons. The molecule has 1 unspecified atom stereocenters. The van der Waals surface area contributed by atoms with E-state index in [9.17, 15) is 9.90 Å². The molecular formula is C21H24O4. The number of rotatable bonds is 3. The number of aliphatic hydroxyl groups excluding tert-OH is 1. The first-order chi connectivity index (χ1) is 11.9. The summed E-state index contributed by atoms with van der Waals surface area (Å²) >= 11 is 0. The number of carbonyl (C=O) groups excluding carboxylic acids is 1. The van der Waals surface area contributed by atoms with Crippen LogP contribution in [-0.4, -0.2) is 23.3 Å². The Kier molecular flexibility index (Phi) is 4.56. The van der Waals surface area contributed by atoms with Crippen LogP contribution >= 0.6 is 0 Å². The van der Waals surface area contributed by atoms with Gasteiger partial charge in [-0.1, -0.05) is 18.2 Å². The maximum absolute atomic E-state index is 12.5. The van der Waals surface area contributed by atoms with Crippen molar-refractivity contribution in [1.29, 1.82) is 0 Å². The first-order valence-electron chi connectivity index (χ1n) is 8.56. The molecule has 0 aliphatic carbocycles. The Bertz CT molecular complexity index is 811. The van der Waals surface area contributed by atoms with Crippen LogP contribution in [0.2, 0.25) is 0 Å². The highest BCUT2D eigenvalue weighted by atomic mass is 16.5. The van der Waals surface area contributed by atoms with Crippen LogP contribution in [0.5, 0.6) is 11.5 Å². The van der Waals surface area contributed by atoms with Crippen molar-refractivity contribution in [2.24, 2.45) is 0 Å². The van der Waals surface area contributed by atoms with Crippen LogP contribution < -0.4 is 9.47 Å². The van der Waals surface area contributed by atoms with Crippen LogP contribution in [0, 0.1) is 20.8 Å². The van der Waals surface area contributed by atoms with Crippen LogP contribution in [0.25, 0.3) is 0 Å². The number of aliphatic hydroxyl groups is 1. The van der Waals surface area contributed by atoms with Crippen molar-refractivity contribution in [2.75, 3.05) is 6.61 Å². The number of fused-ring (bicyclic) bond motifs is 1. The van der Waals surface area contributed by atoms with Crippen molar-refractivity contribution >= 4 is 5.97 Å². The molecule has 0 bridgehead atoms. The monoisotopic (exact) mass is 340 g/mol. The lowest BCUT2D eigenvalue weighted by atomic mass is 9.87. The van der Waals surface area contributed by atoms with Crippen molar-refractivity contribution in [3.8, 4) is 11.5 Å². The molecule has 1 heterocycles. The van der Waals surface area contributed by atoms with Crippen molar-refractivity contribution in [3.63, 3.8) is 0 Å². The molecule has 1 aliphatic heterocycles. The van der Waals surface area contributed by atoms with E-state index in [2.05, 4.69) is 0 Å². The number of benzene rings is 2. The lowest BCUT2D eigenvalue weighted by Crippen LogP contribution is -2.40. The molecule has 2 aromatic rings. The van der Waals surface area contributed by atoms with Gasteiger partial charge in [0, 0.05) is 5.56 Å². The molecule has 1 N–H and O–H groups in total. The molecule has 0 saturated heterocycles. The van der Waals surface area contributed by atoms with Gasteiger partial charge in [0.2, 0.25) is 0 Å². The highest BCUT2D eigenvalue weighted by Gasteiger charge is 2.34. The first kappa shape index (κ1) is 17.5. The number of carbonyl (C=O) groups is 1. The van der Waals surface area contributed by atoms with E-state index in [0.717, 1.165) is 40.8 Å². The summed E-state index contributed by atoms with van der Waals surface area (Å²) in [4.78, 5) is 12.5. The van der Waals surface area contributed by atoms with E-state index >= 15 is 0 Å². The molecule has 0 amide bonds. The molecular weight excluding hydrogens is 316 g/mol. The molecule has 25 heavy (non-hydrogen) atoms. The van der Waals surface area contributed by atoms with Crippen LogP contribution in [0.3, 0.4) is 0 Å². The van der Waals surface area contributed by atoms with Gasteiger partial charge < -0.3 is 14.6 Å². The Hall–Kier alpha value is -2.33. The minimum Gasteiger partial charge on any atom is -0.485 e. The van der Waals surface area contributed by atoms with E-state index in [1.807, 2.05) is 45.9 Å². The molecule has 0 fully saturated rings. The second-order valence-corrected chi connectivity index (χ2v) is 6.98. The average Bonchev–Trinajstić information content (AvgIpc) is 2.64. The zero-order chi connectivity index (χ0) is 18.2. The van der Waals surface area contributed by atoms with Crippen LogP contribution in [0.1, 0.15) is 46.0 Å². The van der Waals surface area contributed by atoms with Gasteiger partial charge in [-0.3, -0.25) is 0 Å². The quantitative estimate of drug-likeness (QED) is 0.680. The number of hydrogen-bond acceptors (Lipinski definition) is 4. The highest BCUT2D eigenvalue weighted by molar-refractivity contribution is 5.91. The average molecular weight is 340 g/mol. The second kappa shape index (κ2) is 6.52. The van der Waals surface area contributed by atoms with E-state index in [-0.39, 0.29) is 12.6 Å². The molecule has 0 spiro atoms. The standard InChI is InChI=1S/C21H24O4/c1-13-14(2)19-17(10-11-21(4,12-22)25-19)15(3)18(13)24-20(23)16-8-6-5-7-9-16/h5-9,22H,10-12H2,1-4H3. The van der Waals surface area contributed by atoms with Crippen LogP contribution in [0.4, 0.5) is 0 Å². The Labute approximate surface area is 148 Å². The van der Waals surface area contributed by atoms with Gasteiger partial charge in [0.15, 0.2) is 0 Å². The second-order valence-electron chi connectivity index (χ2n) is 6.98. The molecule has 4 heteroatoms. The maximum Gasteiger partial charge on any atom is 0.343 e. The van der Waals surface area contributed by atoms with E-state index in [0.29, 0.717) is 11.3 Å². The minimum absolute atomic E-state index is 0.0191. The fourth-order valence-corrected chi connectivity index (χ4v) is 3.27. The number of hydrogen-bond donors (Lipinski definition) is 1. The van der Waals surface area contributed by atoms with Crippen LogP contribution in [0.15, 0.2) is 30.3 Å². The largest absolute Gasteiger partial charge is 0.485 e. The van der Waals surface area contributed by atoms with Crippen molar-refractivity contribution in [3.05, 3.63) is 58.1 Å². The normalized spacial score (nSPS) is 19.1. The SMILES string of the molecule is Cc1c(C)c2c(c(C)c1OC(=O)c1ccccc1)CCC(C)(CO)O2. The Morgan fingerprint density at radius 1 is 1.16 bits per heavy atom. The fraction of sp³-hybridized carbons (Fsp3) is 0.381. The highest BCUT2D eigenvalue weighted by Crippen LogP contribution is 2.43. The summed E-state index contributed by atoms with van der Waals surface area (Å²) in [5.41, 5.74) is 3.81. The lowest BCUT2D eigenvalue weighted by molar-refractivity contribution is 0.00717. The third-order valence-electron chi connectivity index (χ3n) is 5.10. The van der Waals surface area contributed by atoms with Crippen molar-refractivity contribution in [2.45, 2.75) is 46.1 Å². The van der Waals surface area contributed by atoms with E-state index in [4.69, 9.17) is 9.47 Å². The van der Waals surface area contributed by atoms with Crippen molar-refractivity contribution < 1.29 is 19.4 Å². The summed E-state index contributed by atoms with van der Waals surface area (Å²) < 4.78 is 11.9. The molecule has 1 atom stereocenters. The van der Waals surface area contributed by atoms with Gasteiger partial charge in [0.25, 0.3) is 0 Å². The summed E-state index contributed by atoms with van der Waals surface area (Å²) in [6.45, 7) is 7.77. The number of esters is 1. The topological polar surface area (TPSA) is 55.8 Å². The summed E-state index contributed by atoms with van der Waals surface area (Å²) in [6.07, 6.45) is 1.52. The van der Waals surface area contributed by atoms with Gasteiger partial charge >= 0.3 is 5.97 Å². The molecule has 1 aliphatic rings. The minimum atomic E-state index is -0.557. The zero-order valence-corrected chi connectivity index (χ0v) is 15.2. The smallest absolute Gasteiger partial charge is 0.343 e. The third kappa shape index (κ3) is 3.14. The van der Waals surface area contributed by atoms with Gasteiger partial charge in [-0.25, -0.2) is 4.79 Å². The first-order valence-corrected chi connectivity index (χ1v) is 8.56. The molecule has 3 rings (SSSR count). The summed E-state index contributed by atoms with van der Waals surface area (Å²) in [6, 6.07) is 8.99. The molecule has 2 aromatic carbocycles. The summed E-state index contributed by atoms with van der Waals surface area (Å²) in [5.74, 6) is 1.07. The predicted octanol–water partition coefficient (Wildman–Crippen LogP) is 3.91. The van der Waals surface area contributed by atoms with Gasteiger partial charge in [0.05, 0.1) is 12.2 Å². The Balaban J connectivity index is 2.00. The fourth-order valence-electron chi connectivity index (χ4n) is 3.27. The van der Waals surface area contributed by atoms with Crippen LogP contribution in [-0.2, 0) is 6.42 Å². The molecule has 4 nitrogen and oxygen atoms in total. The molecule has 0 aromatic heterocycles. The Morgan fingerprint density at radius 2 is 1.84 bits per heavy atom. The lowest BCUT2D eigenvalue weighted by Gasteiger charge is -2.36. The molecule has 132 valence electrons. The predicted molar refractivity (Wildman–Crippen MR) is 96.5 cm³/mol. The summed E-state index contributed by atoms with van der Waals surface area (Å²) in [5, 5.41) is 9.61. The van der Waals surface area contributed by atoms with Gasteiger partial charge in [0.1, 0.15) is 17.1 Å². The van der Waals surface area contributed by atoms with Crippen molar-refractivity contribution in [1.82, 2.24) is 0 Å². The molecule has 0 saturated carbocycles. The van der Waals surface area contributed by atoms with E-state index in [1.54, 1.807) is 12.1 Å². The van der Waals surface area contributed by atoms with Gasteiger partial charge in [-0.05, 0) is 69.4 Å². The van der Waals surface area contributed by atoms with Gasteiger partial charge in [-0.2, -0.15) is 0 Å². The van der Waals surface area contributed by atoms with E-state index < -0.39 is 5.60 Å².